The Morgan fingerprint density at radius 3 is 2.88 bits per heavy atom. The molecule has 0 bridgehead atoms. The molecule has 1 aliphatic rings. The number of pyridine rings is 1. The third-order valence-corrected chi connectivity index (χ3v) is 5.14. The van der Waals surface area contributed by atoms with Crippen LogP contribution < -0.4 is 5.32 Å². The number of anilines is 1. The number of likely N-dealkylation sites (tertiary alicyclic amines) is 1. The molecule has 1 atom stereocenters. The summed E-state index contributed by atoms with van der Waals surface area (Å²) < 4.78 is 1.89. The molecular weight excluding hydrogens is 334 g/mol. The first-order valence-electron chi connectivity index (χ1n) is 8.88. The molecule has 1 aliphatic heterocycles. The van der Waals surface area contributed by atoms with E-state index in [2.05, 4.69) is 47.4 Å². The fourth-order valence-electron chi connectivity index (χ4n) is 3.91. The summed E-state index contributed by atoms with van der Waals surface area (Å²) in [6.07, 6.45) is 2.47. The van der Waals surface area contributed by atoms with Crippen molar-refractivity contribution in [2.24, 2.45) is 7.05 Å². The van der Waals surface area contributed by atoms with Gasteiger partial charge in [0.05, 0.1) is 22.3 Å². The molecule has 25 heavy (non-hydrogen) atoms. The van der Waals surface area contributed by atoms with Crippen molar-refractivity contribution in [3.05, 3.63) is 30.0 Å². The van der Waals surface area contributed by atoms with Gasteiger partial charge in [-0.3, -0.25) is 4.68 Å². The van der Waals surface area contributed by atoms with Crippen LogP contribution in [0.5, 0.6) is 0 Å². The first-order valence-corrected chi connectivity index (χ1v) is 8.88. The topological polar surface area (TPSA) is 46.0 Å². The van der Waals surface area contributed by atoms with Gasteiger partial charge in [-0.05, 0) is 38.9 Å². The Kier molecular flexibility index (Phi) is 5.16. The van der Waals surface area contributed by atoms with Gasteiger partial charge in [-0.15, -0.1) is 12.4 Å². The van der Waals surface area contributed by atoms with Gasteiger partial charge in [0.1, 0.15) is 0 Å². The van der Waals surface area contributed by atoms with Crippen molar-refractivity contribution in [3.63, 3.8) is 0 Å². The molecule has 1 saturated heterocycles. The molecule has 1 unspecified atom stereocenters. The van der Waals surface area contributed by atoms with Crippen molar-refractivity contribution in [2.75, 3.05) is 25.0 Å². The number of halogens is 1. The van der Waals surface area contributed by atoms with Gasteiger partial charge in [0.2, 0.25) is 0 Å². The third-order valence-electron chi connectivity index (χ3n) is 5.14. The lowest BCUT2D eigenvalue weighted by Crippen LogP contribution is -2.41. The van der Waals surface area contributed by atoms with Crippen LogP contribution in [0.15, 0.2) is 24.3 Å². The van der Waals surface area contributed by atoms with Crippen molar-refractivity contribution < 1.29 is 0 Å². The summed E-state index contributed by atoms with van der Waals surface area (Å²) >= 11 is 0. The molecule has 4 rings (SSSR count). The highest BCUT2D eigenvalue weighted by Crippen LogP contribution is 2.33. The Labute approximate surface area is 154 Å². The Morgan fingerprint density at radius 2 is 2.08 bits per heavy atom. The minimum Gasteiger partial charge on any atom is -0.380 e. The Balaban J connectivity index is 0.00000182. The number of hydrogen-bond donors (Lipinski definition) is 1. The Morgan fingerprint density at radius 1 is 1.28 bits per heavy atom. The highest BCUT2D eigenvalue weighted by molar-refractivity contribution is 6.07. The van der Waals surface area contributed by atoms with Crippen molar-refractivity contribution in [2.45, 2.75) is 32.7 Å². The zero-order chi connectivity index (χ0) is 16.7. The Bertz CT molecular complexity index is 888. The lowest BCUT2D eigenvalue weighted by molar-refractivity contribution is 0.227. The SMILES string of the molecule is CCN1CCCC(Nc2c3ccccc3nc3c2c(C)nn3C)C1.Cl. The van der Waals surface area contributed by atoms with Crippen molar-refractivity contribution in [3.8, 4) is 0 Å². The molecule has 2 aromatic heterocycles. The van der Waals surface area contributed by atoms with Crippen LogP contribution in [0, 0.1) is 6.92 Å². The summed E-state index contributed by atoms with van der Waals surface area (Å²) in [7, 11) is 1.97. The fourth-order valence-corrected chi connectivity index (χ4v) is 3.91. The summed E-state index contributed by atoms with van der Waals surface area (Å²) in [4.78, 5) is 7.36. The van der Waals surface area contributed by atoms with Crippen molar-refractivity contribution in [1.82, 2.24) is 19.7 Å². The van der Waals surface area contributed by atoms with Gasteiger partial charge in [0, 0.05) is 25.0 Å². The predicted molar refractivity (Wildman–Crippen MR) is 107 cm³/mol. The van der Waals surface area contributed by atoms with Gasteiger partial charge in [0.15, 0.2) is 5.65 Å². The van der Waals surface area contributed by atoms with E-state index in [1.165, 1.54) is 30.5 Å². The largest absolute Gasteiger partial charge is 0.380 e. The number of piperidine rings is 1. The van der Waals surface area contributed by atoms with Crippen molar-refractivity contribution >= 4 is 40.0 Å². The fraction of sp³-hybridized carbons (Fsp3) is 0.474. The van der Waals surface area contributed by atoms with Crippen LogP contribution in [0.1, 0.15) is 25.5 Å². The molecule has 0 spiro atoms. The smallest absolute Gasteiger partial charge is 0.160 e. The average molecular weight is 360 g/mol. The number of benzene rings is 1. The maximum absolute atomic E-state index is 4.83. The van der Waals surface area contributed by atoms with Crippen LogP contribution in [-0.4, -0.2) is 45.3 Å². The minimum absolute atomic E-state index is 0. The molecule has 1 aromatic carbocycles. The van der Waals surface area contributed by atoms with Crippen LogP contribution in [0.3, 0.4) is 0 Å². The maximum Gasteiger partial charge on any atom is 0.160 e. The molecule has 0 saturated carbocycles. The van der Waals surface area contributed by atoms with E-state index in [9.17, 15) is 0 Å². The van der Waals surface area contributed by atoms with E-state index in [1.54, 1.807) is 0 Å². The number of fused-ring (bicyclic) bond motifs is 2. The zero-order valence-corrected chi connectivity index (χ0v) is 15.9. The first-order chi connectivity index (χ1) is 11.7. The minimum atomic E-state index is 0. The highest BCUT2D eigenvalue weighted by atomic mass is 35.5. The van der Waals surface area contributed by atoms with Crippen LogP contribution >= 0.6 is 12.4 Å². The number of aryl methyl sites for hydroxylation is 2. The molecule has 0 amide bonds. The van der Waals surface area contributed by atoms with Crippen LogP contribution in [0.2, 0.25) is 0 Å². The standard InChI is InChI=1S/C19H25N5.ClH/c1-4-24-11-7-8-14(12-24)20-18-15-9-5-6-10-16(15)21-19-17(18)13(2)22-23(19)3;/h5-6,9-10,14H,4,7-8,11-12H2,1-3H3,(H,20,21);1H. The number of nitrogens with zero attached hydrogens (tertiary/aromatic N) is 4. The number of para-hydroxylation sites is 1. The number of rotatable bonds is 3. The molecular formula is C19H26ClN5. The van der Waals surface area contributed by atoms with Gasteiger partial charge in [-0.2, -0.15) is 5.10 Å². The summed E-state index contributed by atoms with van der Waals surface area (Å²) in [5, 5.41) is 10.8. The summed E-state index contributed by atoms with van der Waals surface area (Å²) in [6, 6.07) is 8.87. The molecule has 134 valence electrons. The van der Waals surface area contributed by atoms with E-state index in [1.807, 2.05) is 17.8 Å². The van der Waals surface area contributed by atoms with Crippen LogP contribution in [0.4, 0.5) is 5.69 Å². The van der Waals surface area contributed by atoms with E-state index in [0.29, 0.717) is 6.04 Å². The quantitative estimate of drug-likeness (QED) is 0.773. The molecule has 3 heterocycles. The zero-order valence-electron chi connectivity index (χ0n) is 15.1. The third kappa shape index (κ3) is 3.18. The average Bonchev–Trinajstić information content (AvgIpc) is 2.89. The van der Waals surface area contributed by atoms with Crippen LogP contribution in [0.25, 0.3) is 21.9 Å². The normalized spacial score (nSPS) is 18.4. The molecule has 1 N–H and O–H groups in total. The summed E-state index contributed by atoms with van der Waals surface area (Å²) in [5.74, 6) is 0. The van der Waals surface area contributed by atoms with Crippen LogP contribution in [-0.2, 0) is 7.05 Å². The van der Waals surface area contributed by atoms with Gasteiger partial charge >= 0.3 is 0 Å². The second-order valence-electron chi connectivity index (χ2n) is 6.79. The Hall–Kier alpha value is -1.85. The molecule has 0 aliphatic carbocycles. The van der Waals surface area contributed by atoms with Gasteiger partial charge in [0.25, 0.3) is 0 Å². The van der Waals surface area contributed by atoms with Crippen molar-refractivity contribution in [1.29, 1.82) is 0 Å². The maximum atomic E-state index is 4.83. The van der Waals surface area contributed by atoms with Gasteiger partial charge in [-0.25, -0.2) is 4.98 Å². The van der Waals surface area contributed by atoms with Gasteiger partial charge < -0.3 is 10.2 Å². The molecule has 3 aromatic rings. The van der Waals surface area contributed by atoms with E-state index >= 15 is 0 Å². The molecule has 1 fully saturated rings. The molecule has 0 radical (unpaired) electrons. The first kappa shape index (κ1) is 18.0. The van der Waals surface area contributed by atoms with E-state index in [-0.39, 0.29) is 12.4 Å². The number of hydrogen-bond acceptors (Lipinski definition) is 4. The number of nitrogens with one attached hydrogen (secondary N) is 1. The number of aromatic nitrogens is 3. The number of likely N-dealkylation sites (N-methyl/N-ethyl adjacent to an activating group) is 1. The van der Waals surface area contributed by atoms with Gasteiger partial charge in [-0.1, -0.05) is 25.1 Å². The predicted octanol–water partition coefficient (Wildman–Crippen LogP) is 3.75. The summed E-state index contributed by atoms with van der Waals surface area (Å²) in [6.45, 7) is 7.76. The highest BCUT2D eigenvalue weighted by Gasteiger charge is 2.22. The summed E-state index contributed by atoms with van der Waals surface area (Å²) in [5.41, 5.74) is 4.22. The molecule has 5 nitrogen and oxygen atoms in total. The lowest BCUT2D eigenvalue weighted by Gasteiger charge is -2.33. The second-order valence-corrected chi connectivity index (χ2v) is 6.79. The molecule has 6 heteroatoms. The van der Waals surface area contributed by atoms with E-state index < -0.39 is 0 Å². The monoisotopic (exact) mass is 359 g/mol. The second kappa shape index (κ2) is 7.18. The van der Waals surface area contributed by atoms with E-state index in [0.717, 1.165) is 35.3 Å². The van der Waals surface area contributed by atoms with E-state index in [4.69, 9.17) is 4.98 Å². The lowest BCUT2D eigenvalue weighted by atomic mass is 10.0.